The van der Waals surface area contributed by atoms with E-state index < -0.39 is 0 Å². The number of ether oxygens (including phenoxy) is 1. The van der Waals surface area contributed by atoms with Crippen LogP contribution >= 0.6 is 11.8 Å². The summed E-state index contributed by atoms with van der Waals surface area (Å²) < 4.78 is 5.93. The van der Waals surface area contributed by atoms with E-state index >= 15 is 0 Å². The first kappa shape index (κ1) is 14.6. The maximum absolute atomic E-state index is 5.93. The number of aromatic nitrogens is 3. The van der Waals surface area contributed by atoms with E-state index in [9.17, 15) is 0 Å². The molecule has 118 valence electrons. The summed E-state index contributed by atoms with van der Waals surface area (Å²) in [6.45, 7) is 2.92. The minimum atomic E-state index is 0.760. The number of para-hydroxylation sites is 2. The number of thioether (sulfide) groups is 1. The molecule has 3 aromatic rings. The molecule has 0 unspecified atom stereocenters. The van der Waals surface area contributed by atoms with Crippen molar-refractivity contribution in [3.8, 4) is 5.75 Å². The van der Waals surface area contributed by atoms with Gasteiger partial charge in [0, 0.05) is 17.5 Å². The zero-order valence-electron chi connectivity index (χ0n) is 13.1. The summed E-state index contributed by atoms with van der Waals surface area (Å²) in [4.78, 5) is 12.4. The summed E-state index contributed by atoms with van der Waals surface area (Å²) in [6.07, 6.45) is 4.45. The SMILES string of the molecule is Cc1c(OCC2CC2)ccnc1CSc1nc2ccccc2[nH]1. The van der Waals surface area contributed by atoms with E-state index in [1.54, 1.807) is 11.8 Å². The highest BCUT2D eigenvalue weighted by Crippen LogP contribution is 2.31. The van der Waals surface area contributed by atoms with E-state index in [0.717, 1.165) is 51.5 Å². The van der Waals surface area contributed by atoms with Gasteiger partial charge >= 0.3 is 0 Å². The van der Waals surface area contributed by atoms with Gasteiger partial charge in [0.05, 0.1) is 23.3 Å². The Morgan fingerprint density at radius 2 is 2.13 bits per heavy atom. The smallest absolute Gasteiger partial charge is 0.166 e. The number of nitrogens with zero attached hydrogens (tertiary/aromatic N) is 2. The van der Waals surface area contributed by atoms with Gasteiger partial charge in [-0.2, -0.15) is 0 Å². The van der Waals surface area contributed by atoms with Crippen LogP contribution < -0.4 is 4.74 Å². The number of hydrogen-bond acceptors (Lipinski definition) is 4. The van der Waals surface area contributed by atoms with E-state index in [4.69, 9.17) is 4.74 Å². The third kappa shape index (κ3) is 3.34. The molecule has 1 saturated carbocycles. The highest BCUT2D eigenvalue weighted by Gasteiger charge is 2.22. The molecule has 1 N–H and O–H groups in total. The van der Waals surface area contributed by atoms with Crippen molar-refractivity contribution in [1.82, 2.24) is 15.0 Å². The molecule has 1 fully saturated rings. The van der Waals surface area contributed by atoms with Crippen LogP contribution in [-0.2, 0) is 5.75 Å². The van der Waals surface area contributed by atoms with Crippen LogP contribution in [0.3, 0.4) is 0 Å². The lowest BCUT2D eigenvalue weighted by Crippen LogP contribution is -2.03. The zero-order valence-corrected chi connectivity index (χ0v) is 13.9. The second kappa shape index (κ2) is 6.24. The van der Waals surface area contributed by atoms with Crippen LogP contribution in [0.15, 0.2) is 41.7 Å². The monoisotopic (exact) mass is 325 g/mol. The van der Waals surface area contributed by atoms with Gasteiger partial charge in [-0.05, 0) is 43.9 Å². The Morgan fingerprint density at radius 1 is 1.26 bits per heavy atom. The summed E-state index contributed by atoms with van der Waals surface area (Å²) >= 11 is 1.67. The molecule has 1 aliphatic rings. The molecule has 4 nitrogen and oxygen atoms in total. The molecule has 0 spiro atoms. The fourth-order valence-electron chi connectivity index (χ4n) is 2.49. The zero-order chi connectivity index (χ0) is 15.6. The molecule has 1 aromatic carbocycles. The minimum Gasteiger partial charge on any atom is -0.493 e. The highest BCUT2D eigenvalue weighted by molar-refractivity contribution is 7.98. The van der Waals surface area contributed by atoms with Crippen LogP contribution in [-0.4, -0.2) is 21.6 Å². The van der Waals surface area contributed by atoms with Crippen LogP contribution in [0.25, 0.3) is 11.0 Å². The molecular formula is C18H19N3OS. The van der Waals surface area contributed by atoms with E-state index in [1.807, 2.05) is 36.5 Å². The molecule has 5 heteroatoms. The number of rotatable bonds is 6. The van der Waals surface area contributed by atoms with Crippen LogP contribution in [0.1, 0.15) is 24.1 Å². The van der Waals surface area contributed by atoms with Crippen molar-refractivity contribution in [3.63, 3.8) is 0 Å². The molecule has 0 radical (unpaired) electrons. The fraction of sp³-hybridized carbons (Fsp3) is 0.333. The molecular weight excluding hydrogens is 306 g/mol. The van der Waals surface area contributed by atoms with Crippen LogP contribution in [0.4, 0.5) is 0 Å². The van der Waals surface area contributed by atoms with Crippen molar-refractivity contribution < 1.29 is 4.74 Å². The standard InChI is InChI=1S/C18H19N3OS/c1-12-16(19-9-8-17(12)22-10-13-6-7-13)11-23-18-20-14-4-2-3-5-15(14)21-18/h2-5,8-9,13H,6-7,10-11H2,1H3,(H,20,21). The molecule has 2 aromatic heterocycles. The molecule has 1 aliphatic carbocycles. The Balaban J connectivity index is 1.46. The second-order valence-corrected chi connectivity index (χ2v) is 6.95. The predicted molar refractivity (Wildman–Crippen MR) is 92.8 cm³/mol. The van der Waals surface area contributed by atoms with Gasteiger partial charge in [-0.1, -0.05) is 23.9 Å². The summed E-state index contributed by atoms with van der Waals surface area (Å²) in [6, 6.07) is 10.0. The van der Waals surface area contributed by atoms with Crippen molar-refractivity contribution in [2.24, 2.45) is 5.92 Å². The largest absolute Gasteiger partial charge is 0.493 e. The summed E-state index contributed by atoms with van der Waals surface area (Å²) in [5.41, 5.74) is 4.27. The lowest BCUT2D eigenvalue weighted by atomic mass is 10.2. The van der Waals surface area contributed by atoms with Crippen LogP contribution in [0, 0.1) is 12.8 Å². The molecule has 0 bridgehead atoms. The number of imidazole rings is 1. The Hall–Kier alpha value is -2.01. The van der Waals surface area contributed by atoms with Crippen molar-refractivity contribution >= 4 is 22.8 Å². The van der Waals surface area contributed by atoms with Gasteiger partial charge in [-0.15, -0.1) is 0 Å². The van der Waals surface area contributed by atoms with Gasteiger partial charge in [-0.3, -0.25) is 4.98 Å². The summed E-state index contributed by atoms with van der Waals surface area (Å²) in [7, 11) is 0. The van der Waals surface area contributed by atoms with E-state index in [0.29, 0.717) is 0 Å². The van der Waals surface area contributed by atoms with Gasteiger partial charge < -0.3 is 9.72 Å². The van der Waals surface area contributed by atoms with Gasteiger partial charge in [0.25, 0.3) is 0 Å². The van der Waals surface area contributed by atoms with Crippen molar-refractivity contribution in [2.75, 3.05) is 6.61 Å². The highest BCUT2D eigenvalue weighted by atomic mass is 32.2. The second-order valence-electron chi connectivity index (χ2n) is 5.98. The minimum absolute atomic E-state index is 0.760. The molecule has 0 atom stereocenters. The lowest BCUT2D eigenvalue weighted by molar-refractivity contribution is 0.297. The molecule has 23 heavy (non-hydrogen) atoms. The van der Waals surface area contributed by atoms with Crippen molar-refractivity contribution in [2.45, 2.75) is 30.7 Å². The molecule has 0 saturated heterocycles. The number of H-pyrrole nitrogens is 1. The predicted octanol–water partition coefficient (Wildman–Crippen LogP) is 4.35. The third-order valence-corrected chi connectivity index (χ3v) is 5.03. The molecule has 2 heterocycles. The van der Waals surface area contributed by atoms with Crippen LogP contribution in [0.5, 0.6) is 5.75 Å². The van der Waals surface area contributed by atoms with E-state index in [-0.39, 0.29) is 0 Å². The summed E-state index contributed by atoms with van der Waals surface area (Å²) in [5.74, 6) is 2.51. The average molecular weight is 325 g/mol. The normalized spacial score (nSPS) is 14.3. The Kier molecular flexibility index (Phi) is 3.95. The lowest BCUT2D eigenvalue weighted by Gasteiger charge is -2.11. The Bertz CT molecular complexity index is 793. The quantitative estimate of drug-likeness (QED) is 0.685. The first-order chi connectivity index (χ1) is 11.3. The molecule has 4 rings (SSSR count). The number of benzene rings is 1. The van der Waals surface area contributed by atoms with Gasteiger partial charge in [0.1, 0.15) is 5.75 Å². The molecule has 0 aliphatic heterocycles. The third-order valence-electron chi connectivity index (χ3n) is 4.14. The Morgan fingerprint density at radius 3 is 2.96 bits per heavy atom. The first-order valence-electron chi connectivity index (χ1n) is 7.94. The molecule has 0 amide bonds. The van der Waals surface area contributed by atoms with Gasteiger partial charge in [-0.25, -0.2) is 4.98 Å². The van der Waals surface area contributed by atoms with Gasteiger partial charge in [0.2, 0.25) is 0 Å². The van der Waals surface area contributed by atoms with Crippen LogP contribution in [0.2, 0.25) is 0 Å². The number of aromatic amines is 1. The van der Waals surface area contributed by atoms with E-state index in [2.05, 4.69) is 21.9 Å². The fourth-order valence-corrected chi connectivity index (χ4v) is 3.40. The van der Waals surface area contributed by atoms with Crippen molar-refractivity contribution in [1.29, 1.82) is 0 Å². The van der Waals surface area contributed by atoms with Crippen molar-refractivity contribution in [3.05, 3.63) is 47.8 Å². The maximum atomic E-state index is 5.93. The number of pyridine rings is 1. The summed E-state index contributed by atoms with van der Waals surface area (Å²) in [5, 5.41) is 0.928. The first-order valence-corrected chi connectivity index (χ1v) is 8.93. The topological polar surface area (TPSA) is 50.8 Å². The van der Waals surface area contributed by atoms with E-state index in [1.165, 1.54) is 12.8 Å². The Labute approximate surface area is 139 Å². The maximum Gasteiger partial charge on any atom is 0.166 e. The average Bonchev–Trinajstić information content (AvgIpc) is 3.30. The number of fused-ring (bicyclic) bond motifs is 1. The number of hydrogen-bond donors (Lipinski definition) is 1. The number of nitrogens with one attached hydrogen (secondary N) is 1. The van der Waals surface area contributed by atoms with Gasteiger partial charge in [0.15, 0.2) is 5.16 Å².